The van der Waals surface area contributed by atoms with E-state index in [-0.39, 0.29) is 18.4 Å². The smallest absolute Gasteiger partial charge is 0.121 e. The van der Waals surface area contributed by atoms with Crippen molar-refractivity contribution in [1.82, 2.24) is 0 Å². The van der Waals surface area contributed by atoms with Crippen LogP contribution in [0.2, 0.25) is 0 Å². The molecule has 0 aliphatic heterocycles. The third-order valence-corrected chi connectivity index (χ3v) is 3.13. The van der Waals surface area contributed by atoms with Gasteiger partial charge in [-0.25, -0.2) is 0 Å². The first-order valence-electron chi connectivity index (χ1n) is 5.61. The van der Waals surface area contributed by atoms with Gasteiger partial charge in [0.2, 0.25) is 0 Å². The highest BCUT2D eigenvalue weighted by molar-refractivity contribution is 5.85. The van der Waals surface area contributed by atoms with Gasteiger partial charge in [0, 0.05) is 6.04 Å². The monoisotopic (exact) mass is 241 g/mol. The van der Waals surface area contributed by atoms with Crippen molar-refractivity contribution < 1.29 is 4.74 Å². The summed E-state index contributed by atoms with van der Waals surface area (Å²) in [5.74, 6) is 1.82. The first kappa shape index (κ1) is 13.3. The lowest BCUT2D eigenvalue weighted by atomic mass is 10.00. The second-order valence-electron chi connectivity index (χ2n) is 4.51. The van der Waals surface area contributed by atoms with Crippen LogP contribution in [0.4, 0.5) is 0 Å². The molecule has 2 nitrogen and oxygen atoms in total. The summed E-state index contributed by atoms with van der Waals surface area (Å²) >= 11 is 0. The van der Waals surface area contributed by atoms with E-state index in [9.17, 15) is 0 Å². The van der Waals surface area contributed by atoms with Gasteiger partial charge in [0.1, 0.15) is 5.75 Å². The van der Waals surface area contributed by atoms with Crippen LogP contribution in [-0.2, 0) is 0 Å². The van der Waals surface area contributed by atoms with Crippen LogP contribution in [0.15, 0.2) is 18.2 Å². The molecule has 0 bridgehead atoms. The van der Waals surface area contributed by atoms with Gasteiger partial charge in [0.05, 0.1) is 7.11 Å². The third kappa shape index (κ3) is 3.13. The summed E-state index contributed by atoms with van der Waals surface area (Å²) in [5, 5.41) is 0. The molecule has 0 spiro atoms. The second-order valence-corrected chi connectivity index (χ2v) is 4.51. The molecule has 1 saturated carbocycles. The average Bonchev–Trinajstić information content (AvgIpc) is 3.01. The van der Waals surface area contributed by atoms with Crippen molar-refractivity contribution in [3.05, 3.63) is 29.3 Å². The number of hydrogen-bond acceptors (Lipinski definition) is 2. The molecule has 0 amide bonds. The Labute approximate surface area is 104 Å². The summed E-state index contributed by atoms with van der Waals surface area (Å²) in [7, 11) is 1.70. The molecule has 0 aromatic heterocycles. The number of hydrogen-bond donors (Lipinski definition) is 1. The van der Waals surface area contributed by atoms with Crippen LogP contribution in [0, 0.1) is 12.8 Å². The Morgan fingerprint density at radius 1 is 1.44 bits per heavy atom. The Balaban J connectivity index is 0.00000128. The van der Waals surface area contributed by atoms with Gasteiger partial charge in [-0.1, -0.05) is 25.0 Å². The second kappa shape index (κ2) is 5.55. The summed E-state index contributed by atoms with van der Waals surface area (Å²) in [4.78, 5) is 0. The first-order chi connectivity index (χ1) is 7.20. The van der Waals surface area contributed by atoms with E-state index < -0.39 is 0 Å². The van der Waals surface area contributed by atoms with E-state index in [4.69, 9.17) is 10.5 Å². The van der Waals surface area contributed by atoms with Gasteiger partial charge in [-0.15, -0.1) is 12.4 Å². The van der Waals surface area contributed by atoms with Crippen LogP contribution in [0.1, 0.15) is 36.4 Å². The Bertz CT molecular complexity index is 350. The Hall–Kier alpha value is -0.730. The molecule has 0 unspecified atom stereocenters. The molecule has 1 fully saturated rings. The van der Waals surface area contributed by atoms with Crippen LogP contribution in [0.3, 0.4) is 0 Å². The Morgan fingerprint density at radius 3 is 2.62 bits per heavy atom. The fraction of sp³-hybridized carbons (Fsp3) is 0.538. The maximum Gasteiger partial charge on any atom is 0.121 e. The van der Waals surface area contributed by atoms with Crippen LogP contribution < -0.4 is 10.5 Å². The maximum absolute atomic E-state index is 6.16. The molecule has 1 aliphatic carbocycles. The molecule has 16 heavy (non-hydrogen) atoms. The molecule has 1 atom stereocenters. The zero-order chi connectivity index (χ0) is 10.8. The van der Waals surface area contributed by atoms with E-state index in [0.717, 1.165) is 18.1 Å². The quantitative estimate of drug-likeness (QED) is 0.879. The van der Waals surface area contributed by atoms with Gasteiger partial charge in [-0.05, 0) is 36.5 Å². The van der Waals surface area contributed by atoms with Crippen LogP contribution in [0.5, 0.6) is 5.75 Å². The standard InChI is InChI=1S/C13H19NO.ClH/c1-9-7-11(5-6-13(9)15-2)12(14)8-10-3-4-10;/h5-7,10,12H,3-4,8,14H2,1-2H3;1H/t12-;/m1./s1. The predicted octanol–water partition coefficient (Wildman–Crippen LogP) is 3.23. The fourth-order valence-electron chi connectivity index (χ4n) is 1.98. The highest BCUT2D eigenvalue weighted by Gasteiger charge is 2.24. The molecular weight excluding hydrogens is 222 g/mol. The summed E-state index contributed by atoms with van der Waals surface area (Å²) in [6.45, 7) is 2.06. The van der Waals surface area contributed by atoms with Crippen molar-refractivity contribution in [3.8, 4) is 5.75 Å². The van der Waals surface area contributed by atoms with E-state index in [2.05, 4.69) is 19.1 Å². The van der Waals surface area contributed by atoms with Gasteiger partial charge in [-0.3, -0.25) is 0 Å². The highest BCUT2D eigenvalue weighted by Crippen LogP contribution is 2.37. The number of rotatable bonds is 4. The van der Waals surface area contributed by atoms with E-state index in [1.807, 2.05) is 6.07 Å². The lowest BCUT2D eigenvalue weighted by Gasteiger charge is -2.13. The molecule has 0 saturated heterocycles. The SMILES string of the molecule is COc1ccc([C@H](N)CC2CC2)cc1C.Cl. The minimum absolute atomic E-state index is 0. The van der Waals surface area contributed by atoms with Crippen molar-refractivity contribution in [1.29, 1.82) is 0 Å². The predicted molar refractivity (Wildman–Crippen MR) is 69.2 cm³/mol. The van der Waals surface area contributed by atoms with Gasteiger partial charge < -0.3 is 10.5 Å². The number of methoxy groups -OCH3 is 1. The molecule has 90 valence electrons. The maximum atomic E-state index is 6.16. The number of ether oxygens (including phenoxy) is 1. The molecule has 3 heteroatoms. The summed E-state index contributed by atoms with van der Waals surface area (Å²) in [6, 6.07) is 6.43. The zero-order valence-corrected chi connectivity index (χ0v) is 10.7. The molecule has 0 radical (unpaired) electrons. The molecule has 1 aliphatic rings. The normalized spacial score (nSPS) is 16.4. The third-order valence-electron chi connectivity index (χ3n) is 3.13. The lowest BCUT2D eigenvalue weighted by molar-refractivity contribution is 0.411. The highest BCUT2D eigenvalue weighted by atomic mass is 35.5. The number of halogens is 1. The minimum Gasteiger partial charge on any atom is -0.496 e. The van der Waals surface area contributed by atoms with Gasteiger partial charge in [0.15, 0.2) is 0 Å². The summed E-state index contributed by atoms with van der Waals surface area (Å²) in [5.41, 5.74) is 8.56. The number of benzene rings is 1. The topological polar surface area (TPSA) is 35.2 Å². The van der Waals surface area contributed by atoms with E-state index in [1.165, 1.54) is 24.0 Å². The average molecular weight is 242 g/mol. The number of aryl methyl sites for hydroxylation is 1. The molecular formula is C13H20ClNO. The summed E-state index contributed by atoms with van der Waals surface area (Å²) in [6.07, 6.45) is 3.86. The lowest BCUT2D eigenvalue weighted by Crippen LogP contribution is -2.11. The van der Waals surface area contributed by atoms with Crippen LogP contribution in [0.25, 0.3) is 0 Å². The fourth-order valence-corrected chi connectivity index (χ4v) is 1.98. The van der Waals surface area contributed by atoms with Crippen molar-refractivity contribution in [2.75, 3.05) is 7.11 Å². The van der Waals surface area contributed by atoms with E-state index in [1.54, 1.807) is 7.11 Å². The van der Waals surface area contributed by atoms with Crippen LogP contribution in [-0.4, -0.2) is 7.11 Å². The van der Waals surface area contributed by atoms with E-state index >= 15 is 0 Å². The molecule has 1 aromatic rings. The molecule has 2 rings (SSSR count). The van der Waals surface area contributed by atoms with Crippen LogP contribution >= 0.6 is 12.4 Å². The Morgan fingerprint density at radius 2 is 2.12 bits per heavy atom. The minimum atomic E-state index is 0. The van der Waals surface area contributed by atoms with Gasteiger partial charge >= 0.3 is 0 Å². The molecule has 1 aromatic carbocycles. The summed E-state index contributed by atoms with van der Waals surface area (Å²) < 4.78 is 5.23. The molecule has 0 heterocycles. The Kier molecular flexibility index (Phi) is 4.63. The van der Waals surface area contributed by atoms with Gasteiger partial charge in [0.25, 0.3) is 0 Å². The first-order valence-corrected chi connectivity index (χ1v) is 5.61. The van der Waals surface area contributed by atoms with Crippen molar-refractivity contribution >= 4 is 12.4 Å². The van der Waals surface area contributed by atoms with Gasteiger partial charge in [-0.2, -0.15) is 0 Å². The van der Waals surface area contributed by atoms with Crippen molar-refractivity contribution in [2.45, 2.75) is 32.2 Å². The zero-order valence-electron chi connectivity index (χ0n) is 9.90. The number of nitrogens with two attached hydrogens (primary N) is 1. The largest absolute Gasteiger partial charge is 0.496 e. The van der Waals surface area contributed by atoms with Crippen molar-refractivity contribution in [3.63, 3.8) is 0 Å². The van der Waals surface area contributed by atoms with E-state index in [0.29, 0.717) is 0 Å². The molecule has 2 N–H and O–H groups in total. The van der Waals surface area contributed by atoms with Crippen molar-refractivity contribution in [2.24, 2.45) is 11.7 Å².